The first kappa shape index (κ1) is 17.4. The van der Waals surface area contributed by atoms with Crippen LogP contribution in [0.4, 0.5) is 5.69 Å². The maximum Gasteiger partial charge on any atom is 0.265 e. The number of nitrogens with zero attached hydrogens (tertiary/aromatic N) is 2. The van der Waals surface area contributed by atoms with Crippen LogP contribution in [-0.2, 0) is 9.59 Å². The highest BCUT2D eigenvalue weighted by molar-refractivity contribution is 6.02. The van der Waals surface area contributed by atoms with Crippen molar-refractivity contribution in [3.05, 3.63) is 54.1 Å². The van der Waals surface area contributed by atoms with Gasteiger partial charge in [0.1, 0.15) is 18.0 Å². The summed E-state index contributed by atoms with van der Waals surface area (Å²) < 4.78 is 10.8. The lowest BCUT2D eigenvalue weighted by atomic mass is 10.0. The van der Waals surface area contributed by atoms with E-state index >= 15 is 0 Å². The van der Waals surface area contributed by atoms with Gasteiger partial charge in [-0.05, 0) is 42.7 Å². The minimum atomic E-state index is -0.195. The van der Waals surface area contributed by atoms with Gasteiger partial charge in [0.15, 0.2) is 6.61 Å². The van der Waals surface area contributed by atoms with E-state index < -0.39 is 0 Å². The zero-order chi connectivity index (χ0) is 18.8. The average Bonchev–Trinajstić information content (AvgIpc) is 3.20. The predicted octanol–water partition coefficient (Wildman–Crippen LogP) is 2.78. The number of amides is 2. The van der Waals surface area contributed by atoms with Crippen molar-refractivity contribution in [2.45, 2.75) is 18.9 Å². The quantitative estimate of drug-likeness (QED) is 0.835. The molecule has 27 heavy (non-hydrogen) atoms. The molecule has 0 radical (unpaired) electrons. The molecular weight excluding hydrogens is 344 g/mol. The highest BCUT2D eigenvalue weighted by atomic mass is 16.5. The minimum absolute atomic E-state index is 0.0130. The van der Waals surface area contributed by atoms with Crippen molar-refractivity contribution in [3.63, 3.8) is 0 Å². The van der Waals surface area contributed by atoms with Crippen molar-refractivity contribution in [3.8, 4) is 11.5 Å². The second-order valence-corrected chi connectivity index (χ2v) is 6.76. The lowest BCUT2D eigenvalue weighted by molar-refractivity contribution is -0.132. The van der Waals surface area contributed by atoms with E-state index in [2.05, 4.69) is 0 Å². The predicted molar refractivity (Wildman–Crippen MR) is 101 cm³/mol. The van der Waals surface area contributed by atoms with Crippen molar-refractivity contribution in [2.24, 2.45) is 0 Å². The topological polar surface area (TPSA) is 59.1 Å². The fourth-order valence-corrected chi connectivity index (χ4v) is 3.81. The van der Waals surface area contributed by atoms with Crippen LogP contribution >= 0.6 is 0 Å². The Bertz CT molecular complexity index is 867. The highest BCUT2D eigenvalue weighted by Crippen LogP contribution is 2.35. The Morgan fingerprint density at radius 2 is 2.07 bits per heavy atom. The van der Waals surface area contributed by atoms with Gasteiger partial charge in [0, 0.05) is 6.54 Å². The number of anilines is 1. The van der Waals surface area contributed by atoms with Gasteiger partial charge in [-0.2, -0.15) is 0 Å². The molecule has 1 unspecified atom stereocenters. The van der Waals surface area contributed by atoms with E-state index in [1.165, 1.54) is 4.90 Å². The SMILES string of the molecule is COc1cccc(C2CCCN2C(=O)CN2C(=O)COc3ccccc32)c1. The van der Waals surface area contributed by atoms with Crippen LogP contribution in [0.1, 0.15) is 24.4 Å². The molecule has 140 valence electrons. The molecule has 2 amide bonds. The zero-order valence-corrected chi connectivity index (χ0v) is 15.3. The average molecular weight is 366 g/mol. The van der Waals surface area contributed by atoms with Gasteiger partial charge in [-0.1, -0.05) is 24.3 Å². The summed E-state index contributed by atoms with van der Waals surface area (Å²) in [6.07, 6.45) is 1.85. The number of hydrogen-bond donors (Lipinski definition) is 0. The summed E-state index contributed by atoms with van der Waals surface area (Å²) in [6, 6.07) is 15.2. The molecule has 2 aromatic carbocycles. The van der Waals surface area contributed by atoms with E-state index in [9.17, 15) is 9.59 Å². The number of carbonyl (C=O) groups is 2. The van der Waals surface area contributed by atoms with E-state index in [0.717, 1.165) is 24.2 Å². The van der Waals surface area contributed by atoms with E-state index in [-0.39, 0.29) is 31.0 Å². The Kier molecular flexibility index (Phi) is 4.71. The summed E-state index contributed by atoms with van der Waals surface area (Å²) in [5.41, 5.74) is 1.72. The number of hydrogen-bond acceptors (Lipinski definition) is 4. The van der Waals surface area contributed by atoms with Gasteiger partial charge < -0.3 is 14.4 Å². The number of carbonyl (C=O) groups excluding carboxylic acids is 2. The van der Waals surface area contributed by atoms with Gasteiger partial charge in [-0.3, -0.25) is 14.5 Å². The van der Waals surface area contributed by atoms with Crippen molar-refractivity contribution >= 4 is 17.5 Å². The molecule has 0 aromatic heterocycles. The molecule has 0 saturated carbocycles. The molecule has 2 aliphatic heterocycles. The van der Waals surface area contributed by atoms with Crippen molar-refractivity contribution in [1.82, 2.24) is 4.90 Å². The lowest BCUT2D eigenvalue weighted by Gasteiger charge is -2.32. The Balaban J connectivity index is 1.55. The number of likely N-dealkylation sites (tertiary alicyclic amines) is 1. The van der Waals surface area contributed by atoms with Crippen molar-refractivity contribution < 1.29 is 19.1 Å². The molecule has 2 aromatic rings. The van der Waals surface area contributed by atoms with Gasteiger partial charge >= 0.3 is 0 Å². The van der Waals surface area contributed by atoms with Crippen LogP contribution in [0.2, 0.25) is 0 Å². The van der Waals surface area contributed by atoms with Gasteiger partial charge in [0.05, 0.1) is 18.8 Å². The summed E-state index contributed by atoms with van der Waals surface area (Å²) in [6.45, 7) is 0.685. The standard InChI is InChI=1S/C21H22N2O4/c1-26-16-7-4-6-15(12-16)17-9-5-11-22(17)20(24)13-23-18-8-2-3-10-19(18)27-14-21(23)25/h2-4,6-8,10,12,17H,5,9,11,13-14H2,1H3. The van der Waals surface area contributed by atoms with Crippen LogP contribution in [-0.4, -0.2) is 43.5 Å². The first-order valence-corrected chi connectivity index (χ1v) is 9.13. The molecule has 1 atom stereocenters. The fraction of sp³-hybridized carbons (Fsp3) is 0.333. The second-order valence-electron chi connectivity index (χ2n) is 6.76. The monoisotopic (exact) mass is 366 g/mol. The molecule has 4 rings (SSSR count). The first-order chi connectivity index (χ1) is 13.2. The first-order valence-electron chi connectivity index (χ1n) is 9.13. The smallest absolute Gasteiger partial charge is 0.265 e. The number of benzene rings is 2. The van der Waals surface area contributed by atoms with Crippen LogP contribution in [0.25, 0.3) is 0 Å². The number of fused-ring (bicyclic) bond motifs is 1. The largest absolute Gasteiger partial charge is 0.497 e. The molecule has 0 bridgehead atoms. The van der Waals surface area contributed by atoms with Gasteiger partial charge in [0.25, 0.3) is 5.91 Å². The summed E-state index contributed by atoms with van der Waals surface area (Å²) in [7, 11) is 1.64. The highest BCUT2D eigenvalue weighted by Gasteiger charge is 2.34. The number of methoxy groups -OCH3 is 1. The van der Waals surface area contributed by atoms with Gasteiger partial charge in [0.2, 0.25) is 5.91 Å². The fourth-order valence-electron chi connectivity index (χ4n) is 3.81. The Hall–Kier alpha value is -3.02. The van der Waals surface area contributed by atoms with Crippen LogP contribution in [0.15, 0.2) is 48.5 Å². The molecule has 0 spiro atoms. The van der Waals surface area contributed by atoms with E-state index in [1.807, 2.05) is 53.4 Å². The summed E-state index contributed by atoms with van der Waals surface area (Å²) >= 11 is 0. The van der Waals surface area contributed by atoms with E-state index in [1.54, 1.807) is 7.11 Å². The molecule has 2 heterocycles. The zero-order valence-electron chi connectivity index (χ0n) is 15.3. The van der Waals surface area contributed by atoms with Crippen LogP contribution in [0.5, 0.6) is 11.5 Å². The second kappa shape index (κ2) is 7.31. The van der Waals surface area contributed by atoms with Crippen LogP contribution < -0.4 is 14.4 Å². The normalized spacial score (nSPS) is 18.9. The third-order valence-electron chi connectivity index (χ3n) is 5.15. The maximum atomic E-state index is 13.1. The number of para-hydroxylation sites is 2. The molecule has 6 nitrogen and oxygen atoms in total. The summed E-state index contributed by atoms with van der Waals surface area (Å²) in [5.74, 6) is 1.17. The molecule has 6 heteroatoms. The van der Waals surface area contributed by atoms with Crippen LogP contribution in [0, 0.1) is 0 Å². The van der Waals surface area contributed by atoms with Crippen LogP contribution in [0.3, 0.4) is 0 Å². The third kappa shape index (κ3) is 3.35. The molecule has 2 aliphatic rings. The van der Waals surface area contributed by atoms with E-state index in [4.69, 9.17) is 9.47 Å². The number of rotatable bonds is 4. The van der Waals surface area contributed by atoms with Gasteiger partial charge in [-0.25, -0.2) is 0 Å². The molecule has 0 N–H and O–H groups in total. The molecule has 0 aliphatic carbocycles. The van der Waals surface area contributed by atoms with Crippen molar-refractivity contribution in [2.75, 3.05) is 31.7 Å². The molecule has 1 fully saturated rings. The summed E-state index contributed by atoms with van der Waals surface area (Å²) in [5, 5.41) is 0. The minimum Gasteiger partial charge on any atom is -0.497 e. The Morgan fingerprint density at radius 1 is 1.22 bits per heavy atom. The third-order valence-corrected chi connectivity index (χ3v) is 5.15. The lowest BCUT2D eigenvalue weighted by Crippen LogP contribution is -2.46. The summed E-state index contributed by atoms with van der Waals surface area (Å²) in [4.78, 5) is 28.8. The number of ether oxygens (including phenoxy) is 2. The van der Waals surface area contributed by atoms with Crippen molar-refractivity contribution in [1.29, 1.82) is 0 Å². The van der Waals surface area contributed by atoms with Gasteiger partial charge in [-0.15, -0.1) is 0 Å². The molecular formula is C21H22N2O4. The Morgan fingerprint density at radius 3 is 2.93 bits per heavy atom. The molecule has 1 saturated heterocycles. The Labute approximate surface area is 158 Å². The maximum absolute atomic E-state index is 13.1. The van der Waals surface area contributed by atoms with E-state index in [0.29, 0.717) is 18.0 Å².